The van der Waals surface area contributed by atoms with E-state index in [1.54, 1.807) is 0 Å². The zero-order chi connectivity index (χ0) is 13.5. The van der Waals surface area contributed by atoms with Crippen molar-refractivity contribution in [3.8, 4) is 0 Å². The van der Waals surface area contributed by atoms with Crippen LogP contribution in [0.3, 0.4) is 0 Å². The number of carbonyl (C=O) groups excluding carboxylic acids is 2. The highest BCUT2D eigenvalue weighted by atomic mass is 16.5. The van der Waals surface area contributed by atoms with Gasteiger partial charge in [0.25, 0.3) is 0 Å². The lowest BCUT2D eigenvalue weighted by molar-refractivity contribution is -0.142. The molecule has 4 heteroatoms. The van der Waals surface area contributed by atoms with Gasteiger partial charge in [-0.3, -0.25) is 9.59 Å². The first-order valence-corrected chi connectivity index (χ1v) is 6.91. The molecule has 0 aromatic carbocycles. The molecule has 0 spiro atoms. The lowest BCUT2D eigenvalue weighted by Crippen LogP contribution is -2.39. The average Bonchev–Trinajstić information content (AvgIpc) is 2.39. The van der Waals surface area contributed by atoms with Gasteiger partial charge in [0.1, 0.15) is 0 Å². The van der Waals surface area contributed by atoms with Crippen molar-refractivity contribution < 1.29 is 14.3 Å². The van der Waals surface area contributed by atoms with Crippen molar-refractivity contribution in [3.63, 3.8) is 0 Å². The van der Waals surface area contributed by atoms with Crippen LogP contribution in [0.1, 0.15) is 51.9 Å². The molecular weight excluding hydrogens is 230 g/mol. The number of methoxy groups -OCH3 is 1. The first-order valence-electron chi connectivity index (χ1n) is 6.91. The van der Waals surface area contributed by atoms with E-state index in [9.17, 15) is 9.59 Å². The van der Waals surface area contributed by atoms with Crippen LogP contribution < -0.4 is 0 Å². The van der Waals surface area contributed by atoms with Gasteiger partial charge in [0.15, 0.2) is 0 Å². The molecule has 0 aromatic rings. The molecule has 1 aliphatic rings. The summed E-state index contributed by atoms with van der Waals surface area (Å²) in [7, 11) is 3.34. The normalized spacial score (nSPS) is 23.5. The summed E-state index contributed by atoms with van der Waals surface area (Å²) in [5.74, 6) is 0.561. The van der Waals surface area contributed by atoms with Crippen LogP contribution in [0.15, 0.2) is 0 Å². The molecule has 1 amide bonds. The van der Waals surface area contributed by atoms with E-state index >= 15 is 0 Å². The fraction of sp³-hybridized carbons (Fsp3) is 0.857. The van der Waals surface area contributed by atoms with Crippen molar-refractivity contribution in [2.75, 3.05) is 14.2 Å². The van der Waals surface area contributed by atoms with Crippen molar-refractivity contribution in [3.05, 3.63) is 0 Å². The predicted octanol–water partition coefficient (Wildman–Crippen LogP) is 2.37. The fourth-order valence-electron chi connectivity index (χ4n) is 2.65. The molecule has 4 nitrogen and oxygen atoms in total. The van der Waals surface area contributed by atoms with Crippen LogP contribution in [0, 0.1) is 5.92 Å². The molecule has 0 radical (unpaired) electrons. The Labute approximate surface area is 110 Å². The Bertz CT molecular complexity index is 283. The molecular formula is C14H25NO3. The van der Waals surface area contributed by atoms with Gasteiger partial charge < -0.3 is 9.64 Å². The monoisotopic (exact) mass is 255 g/mol. The molecule has 0 saturated heterocycles. The third kappa shape index (κ3) is 4.31. The minimum absolute atomic E-state index is 0.117. The Kier molecular flexibility index (Phi) is 6.16. The molecule has 1 rings (SSSR count). The Morgan fingerprint density at radius 1 is 1.22 bits per heavy atom. The molecule has 0 atom stereocenters. The Morgan fingerprint density at radius 2 is 1.83 bits per heavy atom. The van der Waals surface area contributed by atoms with Crippen LogP contribution in [0.5, 0.6) is 0 Å². The molecule has 0 unspecified atom stereocenters. The molecule has 1 aliphatic carbocycles. The smallest absolute Gasteiger partial charge is 0.305 e. The van der Waals surface area contributed by atoms with Crippen LogP contribution in [0.2, 0.25) is 0 Å². The number of esters is 1. The largest absolute Gasteiger partial charge is 0.469 e. The molecule has 1 fully saturated rings. The van der Waals surface area contributed by atoms with Crippen molar-refractivity contribution in [1.82, 2.24) is 4.90 Å². The Balaban J connectivity index is 2.34. The van der Waals surface area contributed by atoms with Crippen molar-refractivity contribution in [2.45, 2.75) is 57.9 Å². The number of hydrogen-bond donors (Lipinski definition) is 0. The van der Waals surface area contributed by atoms with E-state index in [-0.39, 0.29) is 11.9 Å². The van der Waals surface area contributed by atoms with Crippen molar-refractivity contribution in [1.29, 1.82) is 0 Å². The zero-order valence-electron chi connectivity index (χ0n) is 11.8. The summed E-state index contributed by atoms with van der Waals surface area (Å²) in [5.41, 5.74) is 0. The number of carbonyl (C=O) groups is 2. The lowest BCUT2D eigenvalue weighted by Gasteiger charge is -2.34. The van der Waals surface area contributed by atoms with Crippen LogP contribution in [0.25, 0.3) is 0 Å². The number of hydrogen-bond acceptors (Lipinski definition) is 3. The molecule has 0 N–H and O–H groups in total. The molecule has 0 aliphatic heterocycles. The van der Waals surface area contributed by atoms with Crippen LogP contribution in [-0.4, -0.2) is 37.0 Å². The minimum atomic E-state index is -0.117. The second-order valence-corrected chi connectivity index (χ2v) is 5.21. The summed E-state index contributed by atoms with van der Waals surface area (Å²) in [5, 5.41) is 0. The molecule has 104 valence electrons. The summed E-state index contributed by atoms with van der Waals surface area (Å²) in [4.78, 5) is 24.9. The van der Waals surface area contributed by atoms with E-state index in [2.05, 4.69) is 0 Å². The van der Waals surface area contributed by atoms with Crippen LogP contribution in [-0.2, 0) is 14.3 Å². The van der Waals surface area contributed by atoms with Gasteiger partial charge in [0.2, 0.25) is 5.91 Å². The number of nitrogens with zero attached hydrogens (tertiary/aromatic N) is 1. The van der Waals surface area contributed by atoms with Gasteiger partial charge >= 0.3 is 5.97 Å². The summed E-state index contributed by atoms with van der Waals surface area (Å²) < 4.78 is 4.69. The van der Waals surface area contributed by atoms with E-state index in [0.29, 0.717) is 24.8 Å². The van der Waals surface area contributed by atoms with E-state index in [1.807, 2.05) is 18.9 Å². The summed E-state index contributed by atoms with van der Waals surface area (Å²) in [6.07, 6.45) is 6.11. The van der Waals surface area contributed by atoms with E-state index in [1.165, 1.54) is 7.11 Å². The van der Waals surface area contributed by atoms with Crippen LogP contribution in [0.4, 0.5) is 0 Å². The number of amides is 1. The van der Waals surface area contributed by atoms with Gasteiger partial charge in [-0.15, -0.1) is 0 Å². The maximum atomic E-state index is 11.8. The average molecular weight is 255 g/mol. The summed E-state index contributed by atoms with van der Waals surface area (Å²) in [6, 6.07) is 0.359. The second kappa shape index (κ2) is 7.39. The van der Waals surface area contributed by atoms with Gasteiger partial charge in [0, 0.05) is 25.9 Å². The first-order chi connectivity index (χ1) is 8.58. The molecule has 0 heterocycles. The lowest BCUT2D eigenvalue weighted by atomic mass is 9.83. The van der Waals surface area contributed by atoms with E-state index in [4.69, 9.17) is 4.74 Å². The molecule has 18 heavy (non-hydrogen) atoms. The summed E-state index contributed by atoms with van der Waals surface area (Å²) >= 11 is 0. The van der Waals surface area contributed by atoms with Gasteiger partial charge in [-0.2, -0.15) is 0 Å². The maximum Gasteiger partial charge on any atom is 0.305 e. The topological polar surface area (TPSA) is 46.6 Å². The maximum absolute atomic E-state index is 11.8. The van der Waals surface area contributed by atoms with Gasteiger partial charge in [-0.05, 0) is 38.0 Å². The van der Waals surface area contributed by atoms with E-state index in [0.717, 1.165) is 32.1 Å². The quantitative estimate of drug-likeness (QED) is 0.708. The Morgan fingerprint density at radius 3 is 2.33 bits per heavy atom. The fourth-order valence-corrected chi connectivity index (χ4v) is 2.65. The highest BCUT2D eigenvalue weighted by Gasteiger charge is 2.27. The first kappa shape index (κ1) is 15.0. The van der Waals surface area contributed by atoms with Gasteiger partial charge in [0.05, 0.1) is 7.11 Å². The van der Waals surface area contributed by atoms with Gasteiger partial charge in [-0.25, -0.2) is 0 Å². The van der Waals surface area contributed by atoms with Crippen molar-refractivity contribution in [2.24, 2.45) is 5.92 Å². The SMILES string of the molecule is CCCC(=O)N(C)C1CCC(CC(=O)OC)CC1. The van der Waals surface area contributed by atoms with Gasteiger partial charge in [-0.1, -0.05) is 6.92 Å². The standard InChI is InChI=1S/C14H25NO3/c1-4-5-13(16)15(2)12-8-6-11(7-9-12)10-14(17)18-3/h11-12H,4-10H2,1-3H3. The molecule has 0 bridgehead atoms. The second-order valence-electron chi connectivity index (χ2n) is 5.21. The van der Waals surface area contributed by atoms with Crippen molar-refractivity contribution >= 4 is 11.9 Å². The molecule has 0 aromatic heterocycles. The third-order valence-corrected chi connectivity index (χ3v) is 3.90. The Hall–Kier alpha value is -1.06. The summed E-state index contributed by atoms with van der Waals surface area (Å²) in [6.45, 7) is 2.03. The van der Waals surface area contributed by atoms with Crippen LogP contribution >= 0.6 is 0 Å². The van der Waals surface area contributed by atoms with E-state index < -0.39 is 0 Å². The predicted molar refractivity (Wildman–Crippen MR) is 70.1 cm³/mol. The highest BCUT2D eigenvalue weighted by Crippen LogP contribution is 2.29. The minimum Gasteiger partial charge on any atom is -0.469 e. The number of ether oxygens (including phenoxy) is 1. The third-order valence-electron chi connectivity index (χ3n) is 3.90. The molecule has 1 saturated carbocycles. The highest BCUT2D eigenvalue weighted by molar-refractivity contribution is 5.76. The number of rotatable bonds is 5. The zero-order valence-corrected chi connectivity index (χ0v) is 11.8.